The SMILES string of the molecule is Cc1ccc(C2=CCN(C(=O)CCNS(=O)(=O)c3ccc(OC(F)(F)F)cc3)CC2)cc1. The Morgan fingerprint density at radius 2 is 1.75 bits per heavy atom. The Morgan fingerprint density at radius 3 is 2.31 bits per heavy atom. The Labute approximate surface area is 184 Å². The van der Waals surface area contributed by atoms with Crippen LogP contribution in [0.25, 0.3) is 5.57 Å². The molecule has 1 N–H and O–H groups in total. The molecule has 0 spiro atoms. The summed E-state index contributed by atoms with van der Waals surface area (Å²) in [5, 5.41) is 0. The van der Waals surface area contributed by atoms with Gasteiger partial charge >= 0.3 is 6.36 Å². The van der Waals surface area contributed by atoms with Gasteiger partial charge in [0.15, 0.2) is 0 Å². The molecule has 0 radical (unpaired) electrons. The molecule has 0 aliphatic carbocycles. The molecular weight excluding hydrogens is 445 g/mol. The van der Waals surface area contributed by atoms with Crippen LogP contribution in [0.4, 0.5) is 13.2 Å². The summed E-state index contributed by atoms with van der Waals surface area (Å²) in [5.74, 6) is -0.699. The van der Waals surface area contributed by atoms with Gasteiger partial charge in [-0.1, -0.05) is 35.9 Å². The predicted molar refractivity (Wildman–Crippen MR) is 113 cm³/mol. The highest BCUT2D eigenvalue weighted by Gasteiger charge is 2.31. The van der Waals surface area contributed by atoms with Crippen molar-refractivity contribution in [3.63, 3.8) is 0 Å². The minimum Gasteiger partial charge on any atom is -0.406 e. The van der Waals surface area contributed by atoms with E-state index in [1.807, 2.05) is 25.1 Å². The molecule has 1 amide bonds. The number of rotatable bonds is 7. The van der Waals surface area contributed by atoms with Gasteiger partial charge in [0.05, 0.1) is 4.90 Å². The Morgan fingerprint density at radius 1 is 1.09 bits per heavy atom. The van der Waals surface area contributed by atoms with Crippen molar-refractivity contribution in [3.05, 3.63) is 65.7 Å². The van der Waals surface area contributed by atoms with Crippen LogP contribution in [0, 0.1) is 6.92 Å². The van der Waals surface area contributed by atoms with Crippen LogP contribution >= 0.6 is 0 Å². The number of amides is 1. The average molecular weight is 468 g/mol. The Bertz CT molecular complexity index is 1080. The lowest BCUT2D eigenvalue weighted by atomic mass is 9.98. The fourth-order valence-electron chi connectivity index (χ4n) is 3.28. The molecule has 32 heavy (non-hydrogen) atoms. The maximum atomic E-state index is 12.4. The molecule has 0 unspecified atom stereocenters. The average Bonchev–Trinajstić information content (AvgIpc) is 2.73. The standard InChI is InChI=1S/C22H23F3N2O4S/c1-16-2-4-17(5-3-16)18-11-14-27(15-12-18)21(28)10-13-26-32(29,30)20-8-6-19(7-9-20)31-22(23,24)25/h2-9,11,26H,10,12-15H2,1H3. The molecule has 3 rings (SSSR count). The number of ether oxygens (including phenoxy) is 1. The third-order valence-electron chi connectivity index (χ3n) is 4.98. The van der Waals surface area contributed by atoms with Crippen LogP contribution in [0.1, 0.15) is 24.0 Å². The number of hydrogen-bond acceptors (Lipinski definition) is 4. The fourth-order valence-corrected chi connectivity index (χ4v) is 4.31. The predicted octanol–water partition coefficient (Wildman–Crippen LogP) is 3.88. The van der Waals surface area contributed by atoms with Crippen LogP contribution in [0.2, 0.25) is 0 Å². The lowest BCUT2D eigenvalue weighted by molar-refractivity contribution is -0.274. The highest BCUT2D eigenvalue weighted by molar-refractivity contribution is 7.89. The zero-order valence-electron chi connectivity index (χ0n) is 17.4. The van der Waals surface area contributed by atoms with E-state index in [1.165, 1.54) is 11.1 Å². The summed E-state index contributed by atoms with van der Waals surface area (Å²) in [5.41, 5.74) is 3.48. The molecule has 0 bridgehead atoms. The van der Waals surface area contributed by atoms with Gasteiger partial charge in [-0.2, -0.15) is 0 Å². The van der Waals surface area contributed by atoms with Gasteiger partial charge in [-0.3, -0.25) is 4.79 Å². The number of aryl methyl sites for hydroxylation is 1. The highest BCUT2D eigenvalue weighted by atomic mass is 32.2. The molecule has 1 heterocycles. The van der Waals surface area contributed by atoms with Crippen molar-refractivity contribution in [1.29, 1.82) is 0 Å². The van der Waals surface area contributed by atoms with Crippen molar-refractivity contribution in [2.24, 2.45) is 0 Å². The molecule has 0 saturated heterocycles. The quantitative estimate of drug-likeness (QED) is 0.669. The van der Waals surface area contributed by atoms with E-state index in [0.717, 1.165) is 29.8 Å². The first-order chi connectivity index (χ1) is 15.0. The van der Waals surface area contributed by atoms with Crippen molar-refractivity contribution < 1.29 is 31.1 Å². The molecule has 0 saturated carbocycles. The van der Waals surface area contributed by atoms with E-state index < -0.39 is 22.1 Å². The van der Waals surface area contributed by atoms with Crippen LogP contribution in [0.15, 0.2) is 59.5 Å². The molecule has 0 fully saturated rings. The van der Waals surface area contributed by atoms with Gasteiger partial charge in [0, 0.05) is 26.1 Å². The zero-order valence-corrected chi connectivity index (χ0v) is 18.2. The normalized spacial score (nSPS) is 14.8. The second-order valence-corrected chi connectivity index (χ2v) is 9.12. The molecule has 2 aromatic carbocycles. The van der Waals surface area contributed by atoms with Gasteiger partial charge in [0.1, 0.15) is 5.75 Å². The number of sulfonamides is 1. The third-order valence-corrected chi connectivity index (χ3v) is 6.46. The molecule has 172 valence electrons. The number of benzene rings is 2. The lowest BCUT2D eigenvalue weighted by Crippen LogP contribution is -2.37. The van der Waals surface area contributed by atoms with Crippen LogP contribution in [-0.4, -0.2) is 45.2 Å². The van der Waals surface area contributed by atoms with Gasteiger partial charge in [-0.15, -0.1) is 13.2 Å². The number of carbonyl (C=O) groups excluding carboxylic acids is 1. The minimum atomic E-state index is -4.86. The fraction of sp³-hybridized carbons (Fsp3) is 0.318. The van der Waals surface area contributed by atoms with E-state index in [9.17, 15) is 26.4 Å². The summed E-state index contributed by atoms with van der Waals surface area (Å²) in [6.45, 7) is 2.90. The number of alkyl halides is 3. The van der Waals surface area contributed by atoms with Crippen molar-refractivity contribution in [3.8, 4) is 5.75 Å². The first-order valence-corrected chi connectivity index (χ1v) is 11.4. The molecule has 0 atom stereocenters. The van der Waals surface area contributed by atoms with Gasteiger partial charge < -0.3 is 9.64 Å². The monoisotopic (exact) mass is 468 g/mol. The van der Waals surface area contributed by atoms with Crippen LogP contribution in [-0.2, 0) is 14.8 Å². The van der Waals surface area contributed by atoms with Crippen LogP contribution in [0.3, 0.4) is 0 Å². The summed E-state index contributed by atoms with van der Waals surface area (Å²) in [7, 11) is -3.96. The van der Waals surface area contributed by atoms with Crippen molar-refractivity contribution in [2.45, 2.75) is 31.0 Å². The van der Waals surface area contributed by atoms with Gasteiger partial charge in [-0.05, 0) is 48.7 Å². The maximum absolute atomic E-state index is 12.4. The zero-order chi connectivity index (χ0) is 23.4. The van der Waals surface area contributed by atoms with Crippen molar-refractivity contribution in [2.75, 3.05) is 19.6 Å². The highest BCUT2D eigenvalue weighted by Crippen LogP contribution is 2.24. The first kappa shape index (κ1) is 23.8. The smallest absolute Gasteiger partial charge is 0.406 e. The second-order valence-electron chi connectivity index (χ2n) is 7.35. The van der Waals surface area contributed by atoms with E-state index >= 15 is 0 Å². The Balaban J connectivity index is 1.49. The van der Waals surface area contributed by atoms with E-state index in [0.29, 0.717) is 19.5 Å². The maximum Gasteiger partial charge on any atom is 0.573 e. The summed E-state index contributed by atoms with van der Waals surface area (Å²) in [4.78, 5) is 13.9. The molecule has 10 heteroatoms. The van der Waals surface area contributed by atoms with Crippen molar-refractivity contribution >= 4 is 21.5 Å². The van der Waals surface area contributed by atoms with Crippen LogP contribution in [0.5, 0.6) is 5.75 Å². The topological polar surface area (TPSA) is 75.7 Å². The third kappa shape index (κ3) is 6.57. The van der Waals surface area contributed by atoms with E-state index in [-0.39, 0.29) is 23.8 Å². The first-order valence-electron chi connectivity index (χ1n) is 9.93. The van der Waals surface area contributed by atoms with Gasteiger partial charge in [0.25, 0.3) is 0 Å². The Kier molecular flexibility index (Phi) is 7.25. The number of halogens is 3. The van der Waals surface area contributed by atoms with Gasteiger partial charge in [0.2, 0.25) is 15.9 Å². The Hall–Kier alpha value is -2.85. The van der Waals surface area contributed by atoms with Crippen molar-refractivity contribution in [1.82, 2.24) is 9.62 Å². The summed E-state index contributed by atoms with van der Waals surface area (Å²) < 4.78 is 67.2. The van der Waals surface area contributed by atoms with E-state index in [1.54, 1.807) is 4.90 Å². The number of nitrogens with zero attached hydrogens (tertiary/aromatic N) is 1. The number of hydrogen-bond donors (Lipinski definition) is 1. The molecule has 1 aliphatic heterocycles. The molecule has 6 nitrogen and oxygen atoms in total. The van der Waals surface area contributed by atoms with Crippen LogP contribution < -0.4 is 9.46 Å². The second kappa shape index (κ2) is 9.74. The van der Waals surface area contributed by atoms with Gasteiger partial charge in [-0.25, -0.2) is 13.1 Å². The lowest BCUT2D eigenvalue weighted by Gasteiger charge is -2.27. The minimum absolute atomic E-state index is 0.0256. The number of nitrogens with one attached hydrogen (secondary N) is 1. The van der Waals surface area contributed by atoms with E-state index in [4.69, 9.17) is 0 Å². The molecule has 0 aromatic heterocycles. The summed E-state index contributed by atoms with van der Waals surface area (Å²) >= 11 is 0. The molecule has 2 aromatic rings. The molecule has 1 aliphatic rings. The summed E-state index contributed by atoms with van der Waals surface area (Å²) in [6.07, 6.45) is -2.17. The largest absolute Gasteiger partial charge is 0.573 e. The summed E-state index contributed by atoms with van der Waals surface area (Å²) in [6, 6.07) is 12.0. The van der Waals surface area contributed by atoms with E-state index in [2.05, 4.69) is 21.6 Å². The molecular formula is C22H23F3N2O4S. The number of carbonyl (C=O) groups is 1.